The van der Waals surface area contributed by atoms with E-state index in [0.29, 0.717) is 28.2 Å². The largest absolute Gasteiger partial charge is 0.494 e. The number of piperidine rings is 1. The highest BCUT2D eigenvalue weighted by molar-refractivity contribution is 7.70. The van der Waals surface area contributed by atoms with Gasteiger partial charge in [0, 0.05) is 17.1 Å². The fourth-order valence-electron chi connectivity index (χ4n) is 3.80. The number of anilines is 5. The molecule has 0 saturated carbocycles. The number of ether oxygens (including phenoxy) is 1. The number of hydrogen-bond acceptors (Lipinski definition) is 7. The van der Waals surface area contributed by atoms with E-state index >= 15 is 0 Å². The van der Waals surface area contributed by atoms with Crippen molar-refractivity contribution in [1.82, 2.24) is 9.97 Å². The molecule has 9 heteroatoms. The Morgan fingerprint density at radius 3 is 2.58 bits per heavy atom. The van der Waals surface area contributed by atoms with Gasteiger partial charge >= 0.3 is 0 Å². The van der Waals surface area contributed by atoms with Crippen LogP contribution in [-0.2, 0) is 4.57 Å². The summed E-state index contributed by atoms with van der Waals surface area (Å²) in [6, 6.07) is 13.5. The van der Waals surface area contributed by atoms with Gasteiger partial charge in [0.15, 0.2) is 5.82 Å². The molecular formula is C24H28ClN5O2P+. The Labute approximate surface area is 199 Å². The number of rotatable bonds is 7. The molecule has 0 bridgehead atoms. The van der Waals surface area contributed by atoms with Crippen molar-refractivity contribution in [3.8, 4) is 5.75 Å². The number of methoxy groups -OCH3 is 1. The molecule has 0 spiro atoms. The smallest absolute Gasteiger partial charge is 0.229 e. The third-order valence-electron chi connectivity index (χ3n) is 5.48. The summed E-state index contributed by atoms with van der Waals surface area (Å²) in [6.07, 6.45) is 6.03. The molecule has 1 aliphatic heterocycles. The van der Waals surface area contributed by atoms with E-state index in [1.807, 2.05) is 36.4 Å². The monoisotopic (exact) mass is 484 g/mol. The zero-order valence-corrected chi connectivity index (χ0v) is 20.7. The molecule has 0 unspecified atom stereocenters. The average molecular weight is 485 g/mol. The summed E-state index contributed by atoms with van der Waals surface area (Å²) in [5, 5.41) is 7.54. The van der Waals surface area contributed by atoms with Crippen LogP contribution in [0.3, 0.4) is 0 Å². The normalized spacial score (nSPS) is 13.9. The minimum Gasteiger partial charge on any atom is -0.494 e. The summed E-state index contributed by atoms with van der Waals surface area (Å²) >= 11 is 6.36. The molecule has 172 valence electrons. The molecule has 1 aliphatic rings. The van der Waals surface area contributed by atoms with Gasteiger partial charge in [-0.25, -0.2) is 4.98 Å². The summed E-state index contributed by atoms with van der Waals surface area (Å²) in [5.41, 5.74) is 2.59. The minimum atomic E-state index is -2.49. The van der Waals surface area contributed by atoms with Crippen molar-refractivity contribution in [2.75, 3.05) is 49.1 Å². The average Bonchev–Trinajstić information content (AvgIpc) is 2.81. The van der Waals surface area contributed by atoms with E-state index in [1.54, 1.807) is 20.4 Å². The summed E-state index contributed by atoms with van der Waals surface area (Å²) < 4.78 is 18.3. The predicted molar refractivity (Wildman–Crippen MR) is 138 cm³/mol. The summed E-state index contributed by atoms with van der Waals surface area (Å²) in [5.74, 6) is 1.50. The highest BCUT2D eigenvalue weighted by Gasteiger charge is 2.19. The molecule has 0 amide bonds. The number of para-hydroxylation sites is 1. The van der Waals surface area contributed by atoms with Gasteiger partial charge in [0.25, 0.3) is 0 Å². The van der Waals surface area contributed by atoms with Crippen molar-refractivity contribution in [2.45, 2.75) is 12.8 Å². The van der Waals surface area contributed by atoms with Crippen LogP contribution in [0.2, 0.25) is 5.02 Å². The Morgan fingerprint density at radius 2 is 1.85 bits per heavy atom. The topological polar surface area (TPSA) is 79.4 Å². The number of benzene rings is 2. The fraction of sp³-hybridized carbons (Fsp3) is 0.292. The zero-order chi connectivity index (χ0) is 23.4. The first kappa shape index (κ1) is 23.3. The first-order valence-electron chi connectivity index (χ1n) is 10.8. The summed E-state index contributed by atoms with van der Waals surface area (Å²) in [4.78, 5) is 11.2. The molecule has 0 atom stereocenters. The molecule has 1 fully saturated rings. The van der Waals surface area contributed by atoms with Gasteiger partial charge in [0.1, 0.15) is 30.8 Å². The van der Waals surface area contributed by atoms with E-state index in [0.717, 1.165) is 42.6 Å². The Kier molecular flexibility index (Phi) is 7.01. The first-order valence-corrected chi connectivity index (χ1v) is 13.8. The molecule has 4 rings (SSSR count). The zero-order valence-electron chi connectivity index (χ0n) is 19.0. The van der Waals surface area contributed by atoms with Crippen LogP contribution in [0.4, 0.5) is 28.8 Å². The van der Waals surface area contributed by atoms with Crippen LogP contribution in [0.15, 0.2) is 48.7 Å². The van der Waals surface area contributed by atoms with E-state index in [1.165, 1.54) is 6.20 Å². The Hall–Kier alpha value is -2.89. The SMILES string of the molecule is COc1cc(N2CC[CH+]CC2)ccc1Nc1ncc(Cl)c(Nc2ccccc2P(C)(C)=O)n1. The number of nitrogens with zero attached hydrogens (tertiary/aromatic N) is 3. The third-order valence-corrected chi connectivity index (χ3v) is 7.31. The molecule has 33 heavy (non-hydrogen) atoms. The second-order valence-corrected chi connectivity index (χ2v) is 11.8. The van der Waals surface area contributed by atoms with Crippen molar-refractivity contribution in [3.63, 3.8) is 0 Å². The summed E-state index contributed by atoms with van der Waals surface area (Å²) in [7, 11) is -0.841. The lowest BCUT2D eigenvalue weighted by Crippen LogP contribution is -2.29. The number of nitrogens with one attached hydrogen (secondary N) is 2. The Morgan fingerprint density at radius 1 is 1.09 bits per heavy atom. The van der Waals surface area contributed by atoms with Gasteiger partial charge in [-0.1, -0.05) is 23.7 Å². The van der Waals surface area contributed by atoms with Gasteiger partial charge in [-0.3, -0.25) is 0 Å². The molecule has 2 heterocycles. The van der Waals surface area contributed by atoms with Gasteiger partial charge in [0.2, 0.25) is 5.95 Å². The van der Waals surface area contributed by atoms with E-state index in [4.69, 9.17) is 16.3 Å². The molecule has 2 aromatic carbocycles. The third kappa shape index (κ3) is 5.55. The van der Waals surface area contributed by atoms with Gasteiger partial charge in [-0.15, -0.1) is 0 Å². The van der Waals surface area contributed by atoms with Gasteiger partial charge in [-0.05, 0) is 37.6 Å². The van der Waals surface area contributed by atoms with E-state index in [-0.39, 0.29) is 0 Å². The van der Waals surface area contributed by atoms with Gasteiger partial charge in [-0.2, -0.15) is 4.98 Å². The van der Waals surface area contributed by atoms with Crippen LogP contribution in [0.5, 0.6) is 5.75 Å². The molecule has 1 aromatic heterocycles. The van der Waals surface area contributed by atoms with Crippen molar-refractivity contribution in [3.05, 3.63) is 60.1 Å². The maximum atomic E-state index is 12.7. The fourth-order valence-corrected chi connectivity index (χ4v) is 5.09. The van der Waals surface area contributed by atoms with Crippen molar-refractivity contribution in [2.24, 2.45) is 0 Å². The second kappa shape index (κ2) is 9.94. The van der Waals surface area contributed by atoms with Crippen LogP contribution < -0.4 is 25.6 Å². The molecule has 3 aromatic rings. The lowest BCUT2D eigenvalue weighted by molar-refractivity contribution is 0.416. The minimum absolute atomic E-state index is 0.363. The first-order chi connectivity index (χ1) is 15.8. The maximum absolute atomic E-state index is 12.7. The molecule has 7 nitrogen and oxygen atoms in total. The highest BCUT2D eigenvalue weighted by Crippen LogP contribution is 2.39. The van der Waals surface area contributed by atoms with Crippen LogP contribution in [0, 0.1) is 6.42 Å². The quantitative estimate of drug-likeness (QED) is 0.330. The number of hydrogen-bond donors (Lipinski definition) is 2. The van der Waals surface area contributed by atoms with E-state index < -0.39 is 7.14 Å². The van der Waals surface area contributed by atoms with Crippen LogP contribution in [0.1, 0.15) is 12.8 Å². The Balaban J connectivity index is 1.58. The number of halogens is 1. The van der Waals surface area contributed by atoms with Gasteiger partial charge in [0.05, 0.1) is 44.2 Å². The molecule has 0 aliphatic carbocycles. The van der Waals surface area contributed by atoms with Crippen molar-refractivity contribution in [1.29, 1.82) is 0 Å². The van der Waals surface area contributed by atoms with Crippen molar-refractivity contribution >= 4 is 52.9 Å². The maximum Gasteiger partial charge on any atom is 0.229 e. The van der Waals surface area contributed by atoms with E-state index in [9.17, 15) is 4.57 Å². The molecule has 0 radical (unpaired) electrons. The van der Waals surface area contributed by atoms with Crippen LogP contribution >= 0.6 is 18.7 Å². The van der Waals surface area contributed by atoms with Gasteiger partial charge < -0.3 is 24.8 Å². The molecular weight excluding hydrogens is 457 g/mol. The highest BCUT2D eigenvalue weighted by atomic mass is 35.5. The second-order valence-electron chi connectivity index (χ2n) is 8.25. The van der Waals surface area contributed by atoms with E-state index in [2.05, 4.69) is 38.0 Å². The molecule has 2 N–H and O–H groups in total. The van der Waals surface area contributed by atoms with Crippen LogP contribution in [0.25, 0.3) is 0 Å². The standard InChI is InChI=1S/C24H28ClN5O2P/c1-32-21-15-17(30-13-7-4-8-14-30)11-12-19(21)28-24-26-16-18(25)23(29-24)27-20-9-5-6-10-22(20)33(2,3)31/h4-6,9-12,15-16H,7-8,13-14H2,1-3H3,(H2,26,27,28,29)/q+1. The van der Waals surface area contributed by atoms with Crippen LogP contribution in [-0.4, -0.2) is 43.5 Å². The predicted octanol–water partition coefficient (Wildman–Crippen LogP) is 5.68. The summed E-state index contributed by atoms with van der Waals surface area (Å²) in [6.45, 7) is 5.49. The Bertz CT molecular complexity index is 1180. The lowest BCUT2D eigenvalue weighted by atomic mass is 10.1. The lowest BCUT2D eigenvalue weighted by Gasteiger charge is -2.26. The number of aromatic nitrogens is 2. The molecule has 1 saturated heterocycles. The van der Waals surface area contributed by atoms with Crippen molar-refractivity contribution < 1.29 is 9.30 Å².